The highest BCUT2D eigenvalue weighted by Crippen LogP contribution is 2.30. The van der Waals surface area contributed by atoms with Crippen LogP contribution in [0.1, 0.15) is 29.0 Å². The number of carbonyl (C=O) groups excluding carboxylic acids is 1. The number of ketones is 1. The molecule has 3 aliphatic rings. The number of rotatable bonds is 5. The molecule has 0 bridgehead atoms. The highest BCUT2D eigenvalue weighted by molar-refractivity contribution is 5.94. The Morgan fingerprint density at radius 1 is 0.941 bits per heavy atom. The minimum atomic E-state index is -0.370. The first-order valence-electron chi connectivity index (χ1n) is 11.9. The van der Waals surface area contributed by atoms with E-state index in [-0.39, 0.29) is 17.6 Å². The maximum absolute atomic E-state index is 15.9. The molecular weight excluding hydrogens is 439 g/mol. The van der Waals surface area contributed by atoms with Crippen molar-refractivity contribution in [2.75, 3.05) is 86.9 Å². The number of nitrogens with one attached hydrogen (secondary N) is 1. The van der Waals surface area contributed by atoms with Gasteiger partial charge in [0, 0.05) is 57.1 Å². The molecule has 1 aromatic heterocycles. The van der Waals surface area contributed by atoms with E-state index in [4.69, 9.17) is 14.5 Å². The molecule has 0 spiro atoms. The minimum Gasteiger partial charge on any atom is -0.378 e. The van der Waals surface area contributed by atoms with Crippen LogP contribution in [0.25, 0.3) is 0 Å². The van der Waals surface area contributed by atoms with E-state index >= 15 is 4.39 Å². The Bertz CT molecular complexity index is 1010. The van der Waals surface area contributed by atoms with Crippen LogP contribution in [0.15, 0.2) is 24.3 Å². The lowest BCUT2D eigenvalue weighted by molar-refractivity contribution is 0.101. The van der Waals surface area contributed by atoms with Crippen LogP contribution in [0.5, 0.6) is 0 Å². The van der Waals surface area contributed by atoms with Gasteiger partial charge in [0.1, 0.15) is 5.69 Å². The Morgan fingerprint density at radius 3 is 2.24 bits per heavy atom. The number of hydrogen-bond donors (Lipinski definition) is 1. The molecule has 1 aromatic carbocycles. The summed E-state index contributed by atoms with van der Waals surface area (Å²) in [6, 6.07) is 7.30. The lowest BCUT2D eigenvalue weighted by atomic mass is 10.1. The summed E-state index contributed by atoms with van der Waals surface area (Å²) < 4.78 is 26.9. The molecule has 2 aromatic rings. The molecule has 182 valence electrons. The van der Waals surface area contributed by atoms with E-state index < -0.39 is 0 Å². The van der Waals surface area contributed by atoms with E-state index in [1.165, 1.54) is 0 Å². The average molecular weight is 471 g/mol. The fourth-order valence-electron chi connectivity index (χ4n) is 4.64. The van der Waals surface area contributed by atoms with E-state index in [0.717, 1.165) is 12.2 Å². The molecule has 0 saturated carbocycles. The normalized spacial score (nSPS) is 21.6. The molecule has 0 radical (unpaired) electrons. The van der Waals surface area contributed by atoms with E-state index in [0.29, 0.717) is 88.7 Å². The zero-order chi connectivity index (χ0) is 23.5. The number of Topliss-reactive ketones (excluding diaryl/α,β-unsaturated/α-hetero) is 1. The van der Waals surface area contributed by atoms with Gasteiger partial charge in [0.2, 0.25) is 5.95 Å². The number of carbonyl (C=O) groups is 1. The molecule has 9 nitrogen and oxygen atoms in total. The second-order valence-electron chi connectivity index (χ2n) is 8.80. The van der Waals surface area contributed by atoms with Crippen molar-refractivity contribution >= 4 is 23.2 Å². The predicted molar refractivity (Wildman–Crippen MR) is 127 cm³/mol. The molecule has 0 aliphatic carbocycles. The number of nitrogens with zero attached hydrogens (tertiary/aromatic N) is 5. The maximum atomic E-state index is 15.9. The molecular formula is C24H31FN6O3. The summed E-state index contributed by atoms with van der Waals surface area (Å²) in [5.74, 6) is 0.565. The van der Waals surface area contributed by atoms with Gasteiger partial charge >= 0.3 is 0 Å². The molecule has 3 fully saturated rings. The predicted octanol–water partition coefficient (Wildman–Crippen LogP) is 1.64. The highest BCUT2D eigenvalue weighted by atomic mass is 19.1. The molecule has 1 unspecified atom stereocenters. The molecule has 34 heavy (non-hydrogen) atoms. The van der Waals surface area contributed by atoms with Crippen LogP contribution >= 0.6 is 0 Å². The van der Waals surface area contributed by atoms with Crippen molar-refractivity contribution in [2.45, 2.75) is 13.0 Å². The summed E-state index contributed by atoms with van der Waals surface area (Å²) >= 11 is 0. The maximum Gasteiger partial charge on any atom is 0.227 e. The smallest absolute Gasteiger partial charge is 0.227 e. The van der Waals surface area contributed by atoms with Crippen molar-refractivity contribution in [2.24, 2.45) is 0 Å². The first-order chi connectivity index (χ1) is 16.6. The van der Waals surface area contributed by atoms with Gasteiger partial charge in [-0.1, -0.05) is 0 Å². The van der Waals surface area contributed by atoms with Crippen molar-refractivity contribution in [1.82, 2.24) is 15.3 Å². The molecule has 1 atom stereocenters. The number of ether oxygens (including phenoxy) is 2. The summed E-state index contributed by atoms with van der Waals surface area (Å²) in [5.41, 5.74) is 2.08. The van der Waals surface area contributed by atoms with Crippen LogP contribution in [0.4, 0.5) is 21.8 Å². The Hall–Kier alpha value is -2.82. The first kappa shape index (κ1) is 22.9. The number of hydrogen-bond acceptors (Lipinski definition) is 9. The molecule has 3 aliphatic heterocycles. The van der Waals surface area contributed by atoms with Crippen molar-refractivity contribution in [3.8, 4) is 0 Å². The highest BCUT2D eigenvalue weighted by Gasteiger charge is 2.31. The third kappa shape index (κ3) is 4.84. The van der Waals surface area contributed by atoms with Gasteiger partial charge in [-0.2, -0.15) is 4.98 Å². The van der Waals surface area contributed by atoms with Gasteiger partial charge in [0.15, 0.2) is 17.4 Å². The minimum absolute atomic E-state index is 0.0408. The number of halogens is 1. The zero-order valence-corrected chi connectivity index (χ0v) is 19.5. The molecule has 3 saturated heterocycles. The van der Waals surface area contributed by atoms with Gasteiger partial charge in [0.05, 0.1) is 32.5 Å². The third-order valence-corrected chi connectivity index (χ3v) is 6.60. The van der Waals surface area contributed by atoms with Gasteiger partial charge in [0.25, 0.3) is 0 Å². The summed E-state index contributed by atoms with van der Waals surface area (Å²) in [5, 5.41) is 3.45. The van der Waals surface area contributed by atoms with Gasteiger partial charge in [-0.25, -0.2) is 9.37 Å². The van der Waals surface area contributed by atoms with Gasteiger partial charge in [-0.3, -0.25) is 4.79 Å². The van der Waals surface area contributed by atoms with Crippen LogP contribution < -0.4 is 20.0 Å². The zero-order valence-electron chi connectivity index (χ0n) is 19.5. The quantitative estimate of drug-likeness (QED) is 0.656. The number of morpholine rings is 2. The van der Waals surface area contributed by atoms with E-state index in [9.17, 15) is 4.79 Å². The summed E-state index contributed by atoms with van der Waals surface area (Å²) in [6.07, 6.45) is 0. The number of aromatic nitrogens is 2. The summed E-state index contributed by atoms with van der Waals surface area (Å²) in [7, 11) is 0. The lowest BCUT2D eigenvalue weighted by Gasteiger charge is -2.36. The van der Waals surface area contributed by atoms with E-state index in [2.05, 4.69) is 20.1 Å². The Morgan fingerprint density at radius 2 is 1.59 bits per heavy atom. The van der Waals surface area contributed by atoms with Crippen molar-refractivity contribution in [3.05, 3.63) is 41.3 Å². The van der Waals surface area contributed by atoms with Gasteiger partial charge in [-0.05, 0) is 31.2 Å². The SMILES string of the molecule is CC(=O)c1ccc(N2CCNC(c3nc(N4CCOCC4)nc(N4CCOCC4)c3F)C2)cc1. The molecule has 1 N–H and O–H groups in total. The fraction of sp³-hybridized carbons (Fsp3) is 0.542. The standard InChI is InChI=1S/C24H31FN6O3/c1-17(32)18-2-4-19(5-3-18)31-7-6-26-20(16-31)22-21(25)23(29-8-12-33-13-9-29)28-24(27-22)30-10-14-34-15-11-30/h2-5,20,26H,6-16H2,1H3. The van der Waals surface area contributed by atoms with Crippen LogP contribution in [-0.4, -0.2) is 88.0 Å². The molecule has 10 heteroatoms. The van der Waals surface area contributed by atoms with Crippen LogP contribution in [0, 0.1) is 5.82 Å². The Kier molecular flexibility index (Phi) is 6.89. The fourth-order valence-corrected chi connectivity index (χ4v) is 4.64. The Balaban J connectivity index is 1.45. The van der Waals surface area contributed by atoms with Crippen molar-refractivity contribution in [1.29, 1.82) is 0 Å². The first-order valence-corrected chi connectivity index (χ1v) is 11.9. The van der Waals surface area contributed by atoms with Crippen LogP contribution in [0.2, 0.25) is 0 Å². The second kappa shape index (κ2) is 10.2. The average Bonchev–Trinajstić information content (AvgIpc) is 2.90. The van der Waals surface area contributed by atoms with E-state index in [1.54, 1.807) is 6.92 Å². The van der Waals surface area contributed by atoms with Crippen LogP contribution in [-0.2, 0) is 9.47 Å². The molecule has 0 amide bonds. The monoisotopic (exact) mass is 470 g/mol. The number of anilines is 3. The topological polar surface area (TPSA) is 83.1 Å². The molecule has 5 rings (SSSR count). The summed E-state index contributed by atoms with van der Waals surface area (Å²) in [6.45, 7) is 8.49. The Labute approximate surface area is 198 Å². The van der Waals surface area contributed by atoms with Gasteiger partial charge in [-0.15, -0.1) is 0 Å². The number of piperazine rings is 1. The molecule has 4 heterocycles. The van der Waals surface area contributed by atoms with Gasteiger partial charge < -0.3 is 29.5 Å². The van der Waals surface area contributed by atoms with Crippen molar-refractivity contribution < 1.29 is 18.7 Å². The van der Waals surface area contributed by atoms with Crippen molar-refractivity contribution in [3.63, 3.8) is 0 Å². The lowest BCUT2D eigenvalue weighted by Crippen LogP contribution is -2.47. The third-order valence-electron chi connectivity index (χ3n) is 6.60. The largest absolute Gasteiger partial charge is 0.378 e. The van der Waals surface area contributed by atoms with Crippen LogP contribution in [0.3, 0.4) is 0 Å². The number of benzene rings is 1. The second-order valence-corrected chi connectivity index (χ2v) is 8.80. The summed E-state index contributed by atoms with van der Waals surface area (Å²) in [4.78, 5) is 27.2. The van der Waals surface area contributed by atoms with E-state index in [1.807, 2.05) is 29.2 Å².